The van der Waals surface area contributed by atoms with E-state index >= 15 is 0 Å². The van der Waals surface area contributed by atoms with Crippen molar-refractivity contribution in [1.29, 1.82) is 0 Å². The molecule has 0 saturated carbocycles. The van der Waals surface area contributed by atoms with Crippen LogP contribution >= 0.6 is 0 Å². The molecular weight excluding hydrogens is 394 g/mol. The van der Waals surface area contributed by atoms with E-state index in [4.69, 9.17) is 4.98 Å². The van der Waals surface area contributed by atoms with Crippen LogP contribution < -0.4 is 0 Å². The topological polar surface area (TPSA) is 41.3 Å². The molecule has 0 saturated heterocycles. The van der Waals surface area contributed by atoms with Crippen LogP contribution in [-0.4, -0.2) is 31.6 Å². The maximum absolute atomic E-state index is 10.5. The average Bonchev–Trinajstić information content (AvgIpc) is 3.13. The Bertz CT molecular complexity index is 1020. The van der Waals surface area contributed by atoms with E-state index in [0.29, 0.717) is 18.8 Å². The number of fused-ring (bicyclic) bond motifs is 1. The number of unbranched alkanes of at least 4 members (excludes halogenated alkanes) is 2. The Morgan fingerprint density at radius 3 is 2.28 bits per heavy atom. The summed E-state index contributed by atoms with van der Waals surface area (Å²) in [6, 6.07) is 17.9. The monoisotopic (exact) mass is 433 g/mol. The molecule has 0 aliphatic heterocycles. The van der Waals surface area contributed by atoms with Gasteiger partial charge in [0, 0.05) is 12.1 Å². The second kappa shape index (κ2) is 10.9. The number of aromatic nitrogens is 2. The second-order valence-electron chi connectivity index (χ2n) is 9.25. The molecule has 3 rings (SSSR count). The van der Waals surface area contributed by atoms with E-state index in [1.54, 1.807) is 6.92 Å². The molecule has 0 radical (unpaired) electrons. The fourth-order valence-corrected chi connectivity index (χ4v) is 4.33. The normalized spacial score (nSPS) is 13.6. The molecule has 1 heterocycles. The number of aliphatic hydroxyl groups excluding tert-OH is 1. The van der Waals surface area contributed by atoms with E-state index in [1.807, 2.05) is 0 Å². The summed E-state index contributed by atoms with van der Waals surface area (Å²) in [7, 11) is 0. The Labute approximate surface area is 193 Å². The van der Waals surface area contributed by atoms with Crippen LogP contribution in [0.5, 0.6) is 0 Å². The number of hydrogen-bond acceptors (Lipinski definition) is 3. The Kier molecular flexibility index (Phi) is 8.27. The quantitative estimate of drug-likeness (QED) is 0.358. The van der Waals surface area contributed by atoms with Crippen molar-refractivity contribution in [1.82, 2.24) is 14.5 Å². The second-order valence-corrected chi connectivity index (χ2v) is 9.25. The van der Waals surface area contributed by atoms with Gasteiger partial charge < -0.3 is 9.67 Å². The maximum atomic E-state index is 10.5. The van der Waals surface area contributed by atoms with Gasteiger partial charge in [0.2, 0.25) is 0 Å². The Morgan fingerprint density at radius 2 is 1.69 bits per heavy atom. The summed E-state index contributed by atoms with van der Waals surface area (Å²) in [4.78, 5) is 7.22. The zero-order valence-corrected chi connectivity index (χ0v) is 20.5. The third-order valence-corrected chi connectivity index (χ3v) is 6.08. The first kappa shape index (κ1) is 24.2. The lowest BCUT2D eigenvalue weighted by atomic mass is 9.96. The summed E-state index contributed by atoms with van der Waals surface area (Å²) >= 11 is 0. The molecule has 1 unspecified atom stereocenters. The molecule has 2 aromatic carbocycles. The molecule has 32 heavy (non-hydrogen) atoms. The first-order valence-electron chi connectivity index (χ1n) is 12.0. The summed E-state index contributed by atoms with van der Waals surface area (Å²) < 4.78 is 2.19. The molecule has 4 heteroatoms. The fourth-order valence-electron chi connectivity index (χ4n) is 4.33. The number of imidazole rings is 1. The van der Waals surface area contributed by atoms with Crippen LogP contribution in [0.2, 0.25) is 0 Å². The Hall–Kier alpha value is -2.43. The lowest BCUT2D eigenvalue weighted by molar-refractivity contribution is 0.120. The minimum atomic E-state index is -0.624. The molecule has 3 aromatic rings. The SMILES string of the molecule is CCCCC=C(c1ccccc1)c1ccc2nc(C(C)O)n(CN(C(C)C)C(C)C)c2c1. The third kappa shape index (κ3) is 5.48. The summed E-state index contributed by atoms with van der Waals surface area (Å²) in [6.07, 6.45) is 5.17. The van der Waals surface area contributed by atoms with Crippen molar-refractivity contribution in [2.45, 2.75) is 85.7 Å². The van der Waals surface area contributed by atoms with E-state index in [2.05, 4.69) is 98.7 Å². The number of hydrogen-bond donors (Lipinski definition) is 1. The third-order valence-electron chi connectivity index (χ3n) is 6.08. The summed E-state index contributed by atoms with van der Waals surface area (Å²) in [5.41, 5.74) is 5.69. The van der Waals surface area contributed by atoms with E-state index in [9.17, 15) is 5.11 Å². The standard InChI is InChI=1S/C28H39N3O/c1-7-8-10-15-25(23-13-11-9-12-14-23)24-16-17-26-27(18-24)31(28(29-26)22(6)32)19-30(20(2)3)21(4)5/h9,11-18,20-22,32H,7-8,10,19H2,1-6H3. The van der Waals surface area contributed by atoms with Crippen LogP contribution in [-0.2, 0) is 6.67 Å². The molecule has 0 spiro atoms. The Morgan fingerprint density at radius 1 is 1.00 bits per heavy atom. The van der Waals surface area contributed by atoms with Crippen LogP contribution in [0.15, 0.2) is 54.6 Å². The highest BCUT2D eigenvalue weighted by Crippen LogP contribution is 2.30. The van der Waals surface area contributed by atoms with Crippen LogP contribution in [0.1, 0.15) is 83.9 Å². The van der Waals surface area contributed by atoms with Crippen molar-refractivity contribution in [3.63, 3.8) is 0 Å². The summed E-state index contributed by atoms with van der Waals surface area (Å²) in [6.45, 7) is 13.6. The van der Waals surface area contributed by atoms with Gasteiger partial charge in [-0.05, 0) is 69.9 Å². The van der Waals surface area contributed by atoms with Gasteiger partial charge in [0.25, 0.3) is 0 Å². The molecule has 0 aliphatic rings. The highest BCUT2D eigenvalue weighted by atomic mass is 16.3. The van der Waals surface area contributed by atoms with Gasteiger partial charge in [-0.25, -0.2) is 4.98 Å². The highest BCUT2D eigenvalue weighted by Gasteiger charge is 2.21. The molecule has 1 atom stereocenters. The molecule has 1 aromatic heterocycles. The van der Waals surface area contributed by atoms with Crippen molar-refractivity contribution in [2.75, 3.05) is 0 Å². The average molecular weight is 434 g/mol. The van der Waals surface area contributed by atoms with E-state index in [1.165, 1.54) is 29.5 Å². The number of benzene rings is 2. The van der Waals surface area contributed by atoms with Crippen molar-refractivity contribution in [3.05, 3.63) is 71.6 Å². The van der Waals surface area contributed by atoms with E-state index < -0.39 is 6.10 Å². The van der Waals surface area contributed by atoms with Gasteiger partial charge >= 0.3 is 0 Å². The molecule has 0 amide bonds. The minimum Gasteiger partial charge on any atom is -0.385 e. The van der Waals surface area contributed by atoms with Crippen molar-refractivity contribution in [2.24, 2.45) is 0 Å². The van der Waals surface area contributed by atoms with Crippen LogP contribution in [0, 0.1) is 0 Å². The molecule has 0 fully saturated rings. The predicted octanol–water partition coefficient (Wildman–Crippen LogP) is 6.79. The number of aliphatic hydroxyl groups is 1. The predicted molar refractivity (Wildman–Crippen MR) is 136 cm³/mol. The lowest BCUT2D eigenvalue weighted by Gasteiger charge is -2.31. The van der Waals surface area contributed by atoms with E-state index in [-0.39, 0.29) is 0 Å². The minimum absolute atomic E-state index is 0.395. The molecular formula is C28H39N3O. The molecule has 172 valence electrons. The smallest absolute Gasteiger partial charge is 0.139 e. The number of allylic oxidation sites excluding steroid dienone is 1. The van der Waals surface area contributed by atoms with Crippen LogP contribution in [0.25, 0.3) is 16.6 Å². The maximum Gasteiger partial charge on any atom is 0.139 e. The largest absolute Gasteiger partial charge is 0.385 e. The van der Waals surface area contributed by atoms with Crippen LogP contribution in [0.3, 0.4) is 0 Å². The van der Waals surface area contributed by atoms with Gasteiger partial charge in [0.05, 0.1) is 17.7 Å². The van der Waals surface area contributed by atoms with Gasteiger partial charge in [0.15, 0.2) is 0 Å². The van der Waals surface area contributed by atoms with E-state index in [0.717, 1.165) is 23.3 Å². The summed E-state index contributed by atoms with van der Waals surface area (Å²) in [5, 5.41) is 10.5. The lowest BCUT2D eigenvalue weighted by Crippen LogP contribution is -2.38. The van der Waals surface area contributed by atoms with Gasteiger partial charge in [-0.2, -0.15) is 0 Å². The van der Waals surface area contributed by atoms with Crippen LogP contribution in [0.4, 0.5) is 0 Å². The fraction of sp³-hybridized carbons (Fsp3) is 0.464. The zero-order valence-electron chi connectivity index (χ0n) is 20.5. The first-order chi connectivity index (χ1) is 15.3. The molecule has 0 bridgehead atoms. The van der Waals surface area contributed by atoms with Crippen molar-refractivity contribution in [3.8, 4) is 0 Å². The van der Waals surface area contributed by atoms with Gasteiger partial charge in [-0.1, -0.05) is 62.2 Å². The molecule has 1 N–H and O–H groups in total. The highest BCUT2D eigenvalue weighted by molar-refractivity contribution is 5.86. The van der Waals surface area contributed by atoms with Crippen molar-refractivity contribution >= 4 is 16.6 Å². The number of nitrogens with zero attached hydrogens (tertiary/aromatic N) is 3. The molecule has 4 nitrogen and oxygen atoms in total. The van der Waals surface area contributed by atoms with Gasteiger partial charge in [-0.3, -0.25) is 4.90 Å². The molecule has 0 aliphatic carbocycles. The zero-order chi connectivity index (χ0) is 23.3. The Balaban J connectivity index is 2.14. The van der Waals surface area contributed by atoms with Gasteiger partial charge in [0.1, 0.15) is 11.9 Å². The van der Waals surface area contributed by atoms with Crippen molar-refractivity contribution < 1.29 is 5.11 Å². The number of rotatable bonds is 10. The van der Waals surface area contributed by atoms with Gasteiger partial charge in [-0.15, -0.1) is 0 Å². The first-order valence-corrected chi connectivity index (χ1v) is 12.0. The summed E-state index contributed by atoms with van der Waals surface area (Å²) in [5.74, 6) is 0.722.